The molecule has 1 unspecified atom stereocenters. The molecule has 2 aliphatic rings. The molecule has 12 heavy (non-hydrogen) atoms. The molecule has 0 radical (unpaired) electrons. The Hall–Kier alpha value is 0.270. The van der Waals surface area contributed by atoms with Crippen LogP contribution in [0.2, 0.25) is 0 Å². The van der Waals surface area contributed by atoms with E-state index in [0.29, 0.717) is 6.61 Å². The zero-order valence-electron chi connectivity index (χ0n) is 7.41. The fourth-order valence-corrected chi connectivity index (χ4v) is 3.20. The van der Waals surface area contributed by atoms with Crippen LogP contribution in [0.4, 0.5) is 0 Å². The Kier molecular flexibility index (Phi) is 2.94. The van der Waals surface area contributed by atoms with E-state index in [4.69, 9.17) is 5.11 Å². The highest BCUT2D eigenvalue weighted by Gasteiger charge is 2.34. The molecule has 0 amide bonds. The lowest BCUT2D eigenvalue weighted by atomic mass is 10.2. The summed E-state index contributed by atoms with van der Waals surface area (Å²) in [7, 11) is 0. The maximum atomic E-state index is 8.93. The van der Waals surface area contributed by atoms with Gasteiger partial charge in [-0.1, -0.05) is 0 Å². The summed E-state index contributed by atoms with van der Waals surface area (Å²) in [6.45, 7) is 1.23. The molecule has 1 aliphatic carbocycles. The number of nitrogens with zero attached hydrogens (tertiary/aromatic N) is 1. The summed E-state index contributed by atoms with van der Waals surface area (Å²) in [4.78, 5) is 2.53. The van der Waals surface area contributed by atoms with Crippen molar-refractivity contribution in [3.63, 3.8) is 0 Å². The van der Waals surface area contributed by atoms with Crippen LogP contribution in [-0.4, -0.2) is 46.7 Å². The lowest BCUT2D eigenvalue weighted by Gasteiger charge is -2.27. The van der Waals surface area contributed by atoms with Gasteiger partial charge in [-0.15, -0.1) is 0 Å². The fourth-order valence-electron chi connectivity index (χ4n) is 1.97. The first-order chi connectivity index (χ1) is 5.92. The number of hydrogen-bond acceptors (Lipinski definition) is 3. The summed E-state index contributed by atoms with van der Waals surface area (Å²) in [5, 5.41) is 8.93. The van der Waals surface area contributed by atoms with E-state index in [1.54, 1.807) is 0 Å². The monoisotopic (exact) mass is 187 g/mol. The number of thioether (sulfide) groups is 1. The van der Waals surface area contributed by atoms with E-state index in [9.17, 15) is 0 Å². The second-order valence-electron chi connectivity index (χ2n) is 3.71. The highest BCUT2D eigenvalue weighted by molar-refractivity contribution is 7.99. The summed E-state index contributed by atoms with van der Waals surface area (Å²) in [5.41, 5.74) is 0. The SMILES string of the molecule is OCCN(C1CC1)C1CCSC1. The number of aliphatic hydroxyl groups is 1. The Morgan fingerprint density at radius 3 is 2.58 bits per heavy atom. The molecule has 1 aliphatic heterocycles. The minimum Gasteiger partial charge on any atom is -0.395 e. The van der Waals surface area contributed by atoms with Gasteiger partial charge in [0.15, 0.2) is 0 Å². The van der Waals surface area contributed by atoms with E-state index in [0.717, 1.165) is 18.6 Å². The third-order valence-corrected chi connectivity index (χ3v) is 3.89. The highest BCUT2D eigenvalue weighted by Crippen LogP contribution is 2.32. The van der Waals surface area contributed by atoms with Gasteiger partial charge in [0.2, 0.25) is 0 Å². The van der Waals surface area contributed by atoms with Crippen LogP contribution in [0, 0.1) is 0 Å². The van der Waals surface area contributed by atoms with Crippen molar-refractivity contribution in [2.24, 2.45) is 0 Å². The van der Waals surface area contributed by atoms with Gasteiger partial charge in [0.1, 0.15) is 0 Å². The molecule has 1 saturated heterocycles. The average Bonchev–Trinajstić information content (AvgIpc) is 2.77. The number of aliphatic hydroxyl groups excluding tert-OH is 1. The number of rotatable bonds is 4. The topological polar surface area (TPSA) is 23.5 Å². The molecule has 1 atom stereocenters. The van der Waals surface area contributed by atoms with E-state index < -0.39 is 0 Å². The Morgan fingerprint density at radius 2 is 2.08 bits per heavy atom. The molecule has 1 N–H and O–H groups in total. The molecule has 0 spiro atoms. The molecule has 2 fully saturated rings. The zero-order valence-corrected chi connectivity index (χ0v) is 8.22. The van der Waals surface area contributed by atoms with E-state index in [-0.39, 0.29) is 0 Å². The van der Waals surface area contributed by atoms with Gasteiger partial charge < -0.3 is 5.11 Å². The van der Waals surface area contributed by atoms with Crippen molar-refractivity contribution in [2.75, 3.05) is 24.7 Å². The molecule has 2 rings (SSSR count). The molecular weight excluding hydrogens is 170 g/mol. The van der Waals surface area contributed by atoms with Crippen molar-refractivity contribution in [2.45, 2.75) is 31.3 Å². The smallest absolute Gasteiger partial charge is 0.0558 e. The van der Waals surface area contributed by atoms with Gasteiger partial charge in [-0.3, -0.25) is 4.90 Å². The largest absolute Gasteiger partial charge is 0.395 e. The van der Waals surface area contributed by atoms with Crippen molar-refractivity contribution >= 4 is 11.8 Å². The molecule has 0 aromatic carbocycles. The molecule has 1 saturated carbocycles. The highest BCUT2D eigenvalue weighted by atomic mass is 32.2. The van der Waals surface area contributed by atoms with Crippen LogP contribution >= 0.6 is 11.8 Å². The Balaban J connectivity index is 1.85. The summed E-state index contributed by atoms with van der Waals surface area (Å²) in [6.07, 6.45) is 4.06. The van der Waals surface area contributed by atoms with E-state index in [1.807, 2.05) is 0 Å². The quantitative estimate of drug-likeness (QED) is 0.709. The third-order valence-electron chi connectivity index (χ3n) is 2.75. The van der Waals surface area contributed by atoms with Crippen LogP contribution in [0.25, 0.3) is 0 Å². The molecule has 0 bridgehead atoms. The van der Waals surface area contributed by atoms with Gasteiger partial charge in [0, 0.05) is 24.4 Å². The first-order valence-corrected chi connectivity index (χ1v) is 6.01. The Morgan fingerprint density at radius 1 is 1.25 bits per heavy atom. The summed E-state index contributed by atoms with van der Waals surface area (Å²) in [6, 6.07) is 1.59. The summed E-state index contributed by atoms with van der Waals surface area (Å²) >= 11 is 2.06. The summed E-state index contributed by atoms with van der Waals surface area (Å²) in [5.74, 6) is 2.61. The third kappa shape index (κ3) is 1.95. The first-order valence-electron chi connectivity index (χ1n) is 4.86. The van der Waals surface area contributed by atoms with Crippen molar-refractivity contribution in [3.05, 3.63) is 0 Å². The molecule has 0 aromatic rings. The van der Waals surface area contributed by atoms with Crippen molar-refractivity contribution in [1.29, 1.82) is 0 Å². The zero-order chi connectivity index (χ0) is 8.39. The molecule has 70 valence electrons. The minimum atomic E-state index is 0.331. The lowest BCUT2D eigenvalue weighted by Crippen LogP contribution is -2.39. The Labute approximate surface area is 78.3 Å². The maximum Gasteiger partial charge on any atom is 0.0558 e. The normalized spacial score (nSPS) is 30.0. The minimum absolute atomic E-state index is 0.331. The predicted molar refractivity (Wildman–Crippen MR) is 52.5 cm³/mol. The van der Waals surface area contributed by atoms with Crippen molar-refractivity contribution < 1.29 is 5.11 Å². The summed E-state index contributed by atoms with van der Waals surface area (Å²) < 4.78 is 0. The second kappa shape index (κ2) is 3.99. The maximum absolute atomic E-state index is 8.93. The first kappa shape index (κ1) is 8.85. The predicted octanol–water partition coefficient (Wildman–Crippen LogP) is 0.949. The molecule has 1 heterocycles. The van der Waals surface area contributed by atoms with Gasteiger partial charge in [-0.2, -0.15) is 11.8 Å². The van der Waals surface area contributed by atoms with Crippen LogP contribution in [0.1, 0.15) is 19.3 Å². The van der Waals surface area contributed by atoms with E-state index >= 15 is 0 Å². The van der Waals surface area contributed by atoms with Gasteiger partial charge in [-0.05, 0) is 25.0 Å². The number of hydrogen-bond donors (Lipinski definition) is 1. The van der Waals surface area contributed by atoms with Crippen molar-refractivity contribution in [1.82, 2.24) is 4.90 Å². The van der Waals surface area contributed by atoms with Gasteiger partial charge >= 0.3 is 0 Å². The standard InChI is InChI=1S/C9H17NOS/c11-5-4-10(8-1-2-8)9-3-6-12-7-9/h8-9,11H,1-7H2. The average molecular weight is 187 g/mol. The van der Waals surface area contributed by atoms with Crippen molar-refractivity contribution in [3.8, 4) is 0 Å². The van der Waals surface area contributed by atoms with Gasteiger partial charge in [0.05, 0.1) is 6.61 Å². The Bertz CT molecular complexity index is 143. The van der Waals surface area contributed by atoms with Crippen LogP contribution in [0.5, 0.6) is 0 Å². The van der Waals surface area contributed by atoms with Crippen LogP contribution in [-0.2, 0) is 0 Å². The van der Waals surface area contributed by atoms with E-state index in [2.05, 4.69) is 16.7 Å². The van der Waals surface area contributed by atoms with Crippen LogP contribution < -0.4 is 0 Å². The molecular formula is C9H17NOS. The van der Waals surface area contributed by atoms with Gasteiger partial charge in [-0.25, -0.2) is 0 Å². The fraction of sp³-hybridized carbons (Fsp3) is 1.00. The van der Waals surface area contributed by atoms with E-state index in [1.165, 1.54) is 30.8 Å². The molecule has 3 heteroatoms. The molecule has 2 nitrogen and oxygen atoms in total. The second-order valence-corrected chi connectivity index (χ2v) is 4.86. The van der Waals surface area contributed by atoms with Crippen LogP contribution in [0.3, 0.4) is 0 Å². The lowest BCUT2D eigenvalue weighted by molar-refractivity contribution is 0.153. The van der Waals surface area contributed by atoms with Gasteiger partial charge in [0.25, 0.3) is 0 Å². The van der Waals surface area contributed by atoms with Crippen LogP contribution in [0.15, 0.2) is 0 Å². The molecule has 0 aromatic heterocycles.